The Morgan fingerprint density at radius 2 is 2.11 bits per heavy atom. The van der Waals surface area contributed by atoms with Crippen molar-refractivity contribution in [2.24, 2.45) is 12.8 Å². The van der Waals surface area contributed by atoms with Crippen LogP contribution in [0.4, 0.5) is 0 Å². The Morgan fingerprint density at radius 1 is 1.42 bits per heavy atom. The third-order valence-electron chi connectivity index (χ3n) is 4.14. The van der Waals surface area contributed by atoms with Crippen LogP contribution in [0.25, 0.3) is 0 Å². The zero-order chi connectivity index (χ0) is 14.2. The summed E-state index contributed by atoms with van der Waals surface area (Å²) in [5.41, 5.74) is 8.52. The minimum atomic E-state index is 0.0153. The van der Waals surface area contributed by atoms with Crippen LogP contribution in [0.2, 0.25) is 0 Å². The number of aromatic nitrogens is 2. The fraction of sp³-hybridized carbons (Fsp3) is 0.714. The maximum absolute atomic E-state index is 12.8. The van der Waals surface area contributed by atoms with Gasteiger partial charge >= 0.3 is 0 Å². The SMILES string of the molecule is Cc1nn(C)c(C)c1C(=O)N1CCCCC1C(C)N. The van der Waals surface area contributed by atoms with Gasteiger partial charge in [0, 0.05) is 31.4 Å². The van der Waals surface area contributed by atoms with E-state index in [4.69, 9.17) is 5.73 Å². The summed E-state index contributed by atoms with van der Waals surface area (Å²) in [5.74, 6) is 0.0881. The fourth-order valence-corrected chi connectivity index (χ4v) is 2.98. The Kier molecular flexibility index (Phi) is 3.94. The molecule has 0 aromatic carbocycles. The number of carbonyl (C=O) groups is 1. The van der Waals surface area contributed by atoms with Gasteiger partial charge in [0.05, 0.1) is 11.3 Å². The summed E-state index contributed by atoms with van der Waals surface area (Å²) in [6, 6.07) is 0.168. The van der Waals surface area contributed by atoms with Crippen molar-refractivity contribution in [2.45, 2.75) is 52.1 Å². The first-order chi connectivity index (χ1) is 8.93. The minimum Gasteiger partial charge on any atom is -0.334 e. The van der Waals surface area contributed by atoms with E-state index in [0.29, 0.717) is 0 Å². The van der Waals surface area contributed by atoms with E-state index in [9.17, 15) is 4.79 Å². The van der Waals surface area contributed by atoms with Crippen molar-refractivity contribution >= 4 is 5.91 Å². The molecule has 1 amide bonds. The van der Waals surface area contributed by atoms with Crippen LogP contribution in [0.5, 0.6) is 0 Å². The largest absolute Gasteiger partial charge is 0.334 e. The topological polar surface area (TPSA) is 64.2 Å². The van der Waals surface area contributed by atoms with Crippen molar-refractivity contribution < 1.29 is 4.79 Å². The van der Waals surface area contributed by atoms with Crippen LogP contribution < -0.4 is 5.73 Å². The molecule has 106 valence electrons. The van der Waals surface area contributed by atoms with Crippen molar-refractivity contribution in [1.82, 2.24) is 14.7 Å². The third kappa shape index (κ3) is 2.52. The van der Waals surface area contributed by atoms with E-state index in [0.717, 1.165) is 42.8 Å². The highest BCUT2D eigenvalue weighted by atomic mass is 16.2. The van der Waals surface area contributed by atoms with E-state index in [2.05, 4.69) is 5.10 Å². The highest BCUT2D eigenvalue weighted by Crippen LogP contribution is 2.23. The number of carbonyl (C=O) groups excluding carboxylic acids is 1. The molecule has 0 aliphatic carbocycles. The lowest BCUT2D eigenvalue weighted by atomic mass is 9.95. The lowest BCUT2D eigenvalue weighted by Gasteiger charge is -2.38. The number of nitrogens with two attached hydrogens (primary N) is 1. The number of likely N-dealkylation sites (tertiary alicyclic amines) is 1. The maximum atomic E-state index is 12.8. The number of hydrogen-bond acceptors (Lipinski definition) is 3. The van der Waals surface area contributed by atoms with Crippen molar-refractivity contribution in [1.29, 1.82) is 0 Å². The van der Waals surface area contributed by atoms with Gasteiger partial charge < -0.3 is 10.6 Å². The molecule has 0 bridgehead atoms. The minimum absolute atomic E-state index is 0.0153. The van der Waals surface area contributed by atoms with Gasteiger partial charge in [-0.1, -0.05) is 0 Å². The van der Waals surface area contributed by atoms with Crippen molar-refractivity contribution in [2.75, 3.05) is 6.54 Å². The molecule has 1 fully saturated rings. The molecule has 2 N–H and O–H groups in total. The van der Waals surface area contributed by atoms with E-state index < -0.39 is 0 Å². The monoisotopic (exact) mass is 264 g/mol. The molecule has 0 spiro atoms. The first-order valence-electron chi connectivity index (χ1n) is 7.00. The number of hydrogen-bond donors (Lipinski definition) is 1. The molecule has 2 atom stereocenters. The smallest absolute Gasteiger partial charge is 0.257 e. The highest BCUT2D eigenvalue weighted by Gasteiger charge is 2.32. The molecule has 1 aromatic heterocycles. The number of rotatable bonds is 2. The van der Waals surface area contributed by atoms with Crippen LogP contribution in [0.15, 0.2) is 0 Å². The molecule has 19 heavy (non-hydrogen) atoms. The van der Waals surface area contributed by atoms with E-state index in [1.807, 2.05) is 32.7 Å². The van der Waals surface area contributed by atoms with Crippen LogP contribution in [0, 0.1) is 13.8 Å². The van der Waals surface area contributed by atoms with Gasteiger partial charge in [-0.2, -0.15) is 5.10 Å². The van der Waals surface area contributed by atoms with Crippen LogP contribution in [-0.2, 0) is 7.05 Å². The van der Waals surface area contributed by atoms with Gasteiger partial charge in [0.1, 0.15) is 0 Å². The summed E-state index contributed by atoms with van der Waals surface area (Å²) in [6.45, 7) is 6.63. The molecule has 2 unspecified atom stereocenters. The summed E-state index contributed by atoms with van der Waals surface area (Å²) in [4.78, 5) is 14.7. The first-order valence-corrected chi connectivity index (χ1v) is 7.00. The molecule has 1 aromatic rings. The Balaban J connectivity index is 2.31. The average Bonchev–Trinajstić information content (AvgIpc) is 2.62. The first kappa shape index (κ1) is 14.1. The molecular formula is C14H24N4O. The second-order valence-corrected chi connectivity index (χ2v) is 5.59. The van der Waals surface area contributed by atoms with Gasteiger partial charge in [0.2, 0.25) is 0 Å². The Hall–Kier alpha value is -1.36. The van der Waals surface area contributed by atoms with E-state index in [1.165, 1.54) is 0 Å². The summed E-state index contributed by atoms with van der Waals surface area (Å²) >= 11 is 0. The van der Waals surface area contributed by atoms with Crippen LogP contribution in [-0.4, -0.2) is 39.2 Å². The summed E-state index contributed by atoms with van der Waals surface area (Å²) in [6.07, 6.45) is 3.22. The highest BCUT2D eigenvalue weighted by molar-refractivity contribution is 5.96. The number of amides is 1. The second kappa shape index (κ2) is 5.33. The Morgan fingerprint density at radius 3 is 2.63 bits per heavy atom. The maximum Gasteiger partial charge on any atom is 0.257 e. The van der Waals surface area contributed by atoms with E-state index in [1.54, 1.807) is 4.68 Å². The Labute approximate surface area is 114 Å². The molecule has 0 saturated carbocycles. The van der Waals surface area contributed by atoms with Gasteiger partial charge in [0.25, 0.3) is 5.91 Å². The average molecular weight is 264 g/mol. The van der Waals surface area contributed by atoms with Gasteiger partial charge in [0.15, 0.2) is 0 Å². The molecule has 1 aliphatic rings. The predicted octanol–water partition coefficient (Wildman–Crippen LogP) is 1.38. The zero-order valence-corrected chi connectivity index (χ0v) is 12.3. The van der Waals surface area contributed by atoms with Gasteiger partial charge in [-0.05, 0) is 40.0 Å². The van der Waals surface area contributed by atoms with Crippen molar-refractivity contribution in [3.63, 3.8) is 0 Å². The molecule has 5 heteroatoms. The second-order valence-electron chi connectivity index (χ2n) is 5.59. The van der Waals surface area contributed by atoms with Gasteiger partial charge in [-0.15, -0.1) is 0 Å². The summed E-state index contributed by atoms with van der Waals surface area (Å²) in [7, 11) is 1.87. The standard InChI is InChI=1S/C14H24N4O/c1-9(15)12-7-5-6-8-18(12)14(19)13-10(2)16-17(4)11(13)3/h9,12H,5-8,15H2,1-4H3. The van der Waals surface area contributed by atoms with Gasteiger partial charge in [-0.3, -0.25) is 9.48 Å². The number of nitrogens with zero attached hydrogens (tertiary/aromatic N) is 3. The quantitative estimate of drug-likeness (QED) is 0.877. The van der Waals surface area contributed by atoms with Crippen LogP contribution in [0.3, 0.4) is 0 Å². The van der Waals surface area contributed by atoms with Gasteiger partial charge in [-0.25, -0.2) is 0 Å². The summed E-state index contributed by atoms with van der Waals surface area (Å²) < 4.78 is 1.77. The molecule has 2 rings (SSSR count). The molecule has 5 nitrogen and oxygen atoms in total. The predicted molar refractivity (Wildman–Crippen MR) is 75.0 cm³/mol. The number of piperidine rings is 1. The third-order valence-corrected chi connectivity index (χ3v) is 4.14. The molecule has 2 heterocycles. The molecule has 1 saturated heterocycles. The van der Waals surface area contributed by atoms with Crippen LogP contribution in [0.1, 0.15) is 47.9 Å². The fourth-order valence-electron chi connectivity index (χ4n) is 2.98. The van der Waals surface area contributed by atoms with Crippen molar-refractivity contribution in [3.05, 3.63) is 17.0 Å². The summed E-state index contributed by atoms with van der Waals surface area (Å²) in [5, 5.41) is 4.33. The molecular weight excluding hydrogens is 240 g/mol. The van der Waals surface area contributed by atoms with E-state index >= 15 is 0 Å². The normalized spacial score (nSPS) is 21.5. The molecule has 0 radical (unpaired) electrons. The Bertz CT molecular complexity index is 478. The lowest BCUT2D eigenvalue weighted by Crippen LogP contribution is -2.51. The zero-order valence-electron chi connectivity index (χ0n) is 12.3. The lowest BCUT2D eigenvalue weighted by molar-refractivity contribution is 0.0582. The van der Waals surface area contributed by atoms with Crippen molar-refractivity contribution in [3.8, 4) is 0 Å². The van der Waals surface area contributed by atoms with Crippen LogP contribution >= 0.6 is 0 Å². The van der Waals surface area contributed by atoms with E-state index in [-0.39, 0.29) is 18.0 Å². The molecule has 1 aliphatic heterocycles. The number of aryl methyl sites for hydroxylation is 2.